The molecule has 1 fully saturated rings. The fourth-order valence-electron chi connectivity index (χ4n) is 2.27. The van der Waals surface area contributed by atoms with E-state index < -0.39 is 0 Å². The number of nitrogens with two attached hydrogens (primary N) is 1. The molecule has 2 rings (SSSR count). The first-order valence-corrected chi connectivity index (χ1v) is 5.70. The number of ether oxygens (including phenoxy) is 1. The standard InChI is InChI=1S/C13H19NO/c1-3-15-11-6-4-5-10(7-11)12-8-13(14)9(12)2/h4-7,9,12-13H,3,8,14H2,1-2H3. The molecule has 2 N–H and O–H groups in total. The van der Waals surface area contributed by atoms with Crippen LogP contribution in [0.25, 0.3) is 0 Å². The van der Waals surface area contributed by atoms with E-state index in [9.17, 15) is 0 Å². The first kappa shape index (κ1) is 10.5. The van der Waals surface area contributed by atoms with Crippen LogP contribution in [0, 0.1) is 5.92 Å². The van der Waals surface area contributed by atoms with E-state index >= 15 is 0 Å². The van der Waals surface area contributed by atoms with Gasteiger partial charge in [-0.2, -0.15) is 0 Å². The highest BCUT2D eigenvalue weighted by molar-refractivity contribution is 5.33. The van der Waals surface area contributed by atoms with Crippen molar-refractivity contribution in [3.8, 4) is 5.75 Å². The second kappa shape index (κ2) is 4.23. The number of benzene rings is 1. The van der Waals surface area contributed by atoms with Crippen molar-refractivity contribution in [1.29, 1.82) is 0 Å². The molecule has 1 saturated carbocycles. The molecule has 3 unspecified atom stereocenters. The van der Waals surface area contributed by atoms with Gasteiger partial charge in [0.2, 0.25) is 0 Å². The Balaban J connectivity index is 2.12. The van der Waals surface area contributed by atoms with E-state index in [0.717, 1.165) is 18.8 Å². The Kier molecular flexibility index (Phi) is 2.96. The van der Waals surface area contributed by atoms with Crippen molar-refractivity contribution < 1.29 is 4.74 Å². The number of hydrogen-bond acceptors (Lipinski definition) is 2. The molecule has 1 aromatic rings. The van der Waals surface area contributed by atoms with Crippen molar-refractivity contribution in [2.75, 3.05) is 6.61 Å². The van der Waals surface area contributed by atoms with Gasteiger partial charge in [0, 0.05) is 6.04 Å². The van der Waals surface area contributed by atoms with E-state index in [0.29, 0.717) is 17.9 Å². The summed E-state index contributed by atoms with van der Waals surface area (Å²) in [4.78, 5) is 0. The third-order valence-electron chi connectivity index (χ3n) is 3.43. The molecule has 0 bridgehead atoms. The van der Waals surface area contributed by atoms with Gasteiger partial charge < -0.3 is 10.5 Å². The topological polar surface area (TPSA) is 35.2 Å². The number of hydrogen-bond donors (Lipinski definition) is 1. The molecule has 82 valence electrons. The Morgan fingerprint density at radius 3 is 2.87 bits per heavy atom. The van der Waals surface area contributed by atoms with Crippen molar-refractivity contribution in [3.05, 3.63) is 29.8 Å². The fourth-order valence-corrected chi connectivity index (χ4v) is 2.27. The van der Waals surface area contributed by atoms with Gasteiger partial charge in [0.05, 0.1) is 6.61 Å². The maximum atomic E-state index is 5.92. The summed E-state index contributed by atoms with van der Waals surface area (Å²) in [5.74, 6) is 2.20. The summed E-state index contributed by atoms with van der Waals surface area (Å²) >= 11 is 0. The van der Waals surface area contributed by atoms with Crippen LogP contribution >= 0.6 is 0 Å². The molecule has 0 spiro atoms. The van der Waals surface area contributed by atoms with E-state index in [-0.39, 0.29) is 0 Å². The molecule has 2 nitrogen and oxygen atoms in total. The zero-order chi connectivity index (χ0) is 10.8. The average Bonchev–Trinajstić information content (AvgIpc) is 2.26. The molecule has 0 radical (unpaired) electrons. The summed E-state index contributed by atoms with van der Waals surface area (Å²) in [6.07, 6.45) is 1.11. The van der Waals surface area contributed by atoms with Crippen molar-refractivity contribution in [2.24, 2.45) is 11.7 Å². The lowest BCUT2D eigenvalue weighted by atomic mass is 9.67. The quantitative estimate of drug-likeness (QED) is 0.823. The van der Waals surface area contributed by atoms with E-state index in [1.54, 1.807) is 0 Å². The van der Waals surface area contributed by atoms with Crippen LogP contribution in [0.4, 0.5) is 0 Å². The minimum atomic E-state index is 0.380. The highest BCUT2D eigenvalue weighted by atomic mass is 16.5. The maximum Gasteiger partial charge on any atom is 0.119 e. The first-order valence-electron chi connectivity index (χ1n) is 5.70. The molecule has 1 aliphatic rings. The van der Waals surface area contributed by atoms with E-state index in [2.05, 4.69) is 25.1 Å². The zero-order valence-electron chi connectivity index (χ0n) is 9.44. The van der Waals surface area contributed by atoms with Crippen LogP contribution in [-0.4, -0.2) is 12.6 Å². The molecule has 0 amide bonds. The van der Waals surface area contributed by atoms with Crippen LogP contribution < -0.4 is 10.5 Å². The predicted octanol–water partition coefficient (Wildman–Crippen LogP) is 2.54. The van der Waals surface area contributed by atoms with Gasteiger partial charge in [0.15, 0.2) is 0 Å². The van der Waals surface area contributed by atoms with Gasteiger partial charge in [-0.1, -0.05) is 19.1 Å². The van der Waals surface area contributed by atoms with E-state index in [1.165, 1.54) is 5.56 Å². The fraction of sp³-hybridized carbons (Fsp3) is 0.538. The van der Waals surface area contributed by atoms with Crippen LogP contribution in [0.1, 0.15) is 31.7 Å². The zero-order valence-corrected chi connectivity index (χ0v) is 9.44. The van der Waals surface area contributed by atoms with Gasteiger partial charge in [-0.05, 0) is 42.9 Å². The molecule has 1 aliphatic carbocycles. The average molecular weight is 205 g/mol. The minimum Gasteiger partial charge on any atom is -0.494 e. The third kappa shape index (κ3) is 2.00. The molecule has 15 heavy (non-hydrogen) atoms. The Bertz CT molecular complexity index is 337. The van der Waals surface area contributed by atoms with Crippen molar-refractivity contribution in [2.45, 2.75) is 32.2 Å². The van der Waals surface area contributed by atoms with Gasteiger partial charge in [0.25, 0.3) is 0 Å². The van der Waals surface area contributed by atoms with Gasteiger partial charge in [-0.25, -0.2) is 0 Å². The van der Waals surface area contributed by atoms with Crippen molar-refractivity contribution in [3.63, 3.8) is 0 Å². The maximum absolute atomic E-state index is 5.92. The van der Waals surface area contributed by atoms with E-state index in [4.69, 9.17) is 10.5 Å². The van der Waals surface area contributed by atoms with Crippen LogP contribution in [0.15, 0.2) is 24.3 Å². The van der Waals surface area contributed by atoms with Crippen LogP contribution in [0.2, 0.25) is 0 Å². The Hall–Kier alpha value is -1.02. The molecule has 0 aromatic heterocycles. The lowest BCUT2D eigenvalue weighted by molar-refractivity contribution is 0.226. The third-order valence-corrected chi connectivity index (χ3v) is 3.43. The lowest BCUT2D eigenvalue weighted by Gasteiger charge is -2.41. The van der Waals surface area contributed by atoms with Gasteiger partial charge in [0.1, 0.15) is 5.75 Å². The summed E-state index contributed by atoms with van der Waals surface area (Å²) in [6, 6.07) is 8.78. The van der Waals surface area contributed by atoms with Gasteiger partial charge in [-0.3, -0.25) is 0 Å². The monoisotopic (exact) mass is 205 g/mol. The Morgan fingerprint density at radius 1 is 1.47 bits per heavy atom. The summed E-state index contributed by atoms with van der Waals surface area (Å²) in [7, 11) is 0. The van der Waals surface area contributed by atoms with Crippen LogP contribution in [0.3, 0.4) is 0 Å². The van der Waals surface area contributed by atoms with Crippen LogP contribution in [0.5, 0.6) is 5.75 Å². The summed E-state index contributed by atoms with van der Waals surface area (Å²) in [5.41, 5.74) is 7.29. The second-order valence-electron chi connectivity index (χ2n) is 4.37. The van der Waals surface area contributed by atoms with Crippen molar-refractivity contribution in [1.82, 2.24) is 0 Å². The minimum absolute atomic E-state index is 0.380. The molecular weight excluding hydrogens is 186 g/mol. The lowest BCUT2D eigenvalue weighted by Crippen LogP contribution is -2.44. The summed E-state index contributed by atoms with van der Waals surface area (Å²) < 4.78 is 5.50. The SMILES string of the molecule is CCOc1cccc(C2CC(N)C2C)c1. The highest BCUT2D eigenvalue weighted by Crippen LogP contribution is 2.41. The molecule has 2 heteroatoms. The molecule has 1 aromatic carbocycles. The molecular formula is C13H19NO. The largest absolute Gasteiger partial charge is 0.494 e. The molecule has 0 heterocycles. The first-order chi connectivity index (χ1) is 7.22. The smallest absolute Gasteiger partial charge is 0.119 e. The molecule has 3 atom stereocenters. The summed E-state index contributed by atoms with van der Waals surface area (Å²) in [5, 5.41) is 0. The summed E-state index contributed by atoms with van der Waals surface area (Å²) in [6.45, 7) is 4.96. The molecule has 0 saturated heterocycles. The Morgan fingerprint density at radius 2 is 2.27 bits per heavy atom. The highest BCUT2D eigenvalue weighted by Gasteiger charge is 2.35. The Labute approximate surface area is 91.4 Å². The van der Waals surface area contributed by atoms with Crippen molar-refractivity contribution >= 4 is 0 Å². The van der Waals surface area contributed by atoms with Gasteiger partial charge >= 0.3 is 0 Å². The second-order valence-corrected chi connectivity index (χ2v) is 4.37. The van der Waals surface area contributed by atoms with E-state index in [1.807, 2.05) is 13.0 Å². The number of rotatable bonds is 3. The normalized spacial score (nSPS) is 29.7. The predicted molar refractivity (Wildman–Crippen MR) is 62.1 cm³/mol. The van der Waals surface area contributed by atoms with Gasteiger partial charge in [-0.15, -0.1) is 0 Å². The molecule has 0 aliphatic heterocycles. The van der Waals surface area contributed by atoms with Crippen LogP contribution in [-0.2, 0) is 0 Å².